The Kier molecular flexibility index (Phi) is 8.38. The van der Waals surface area contributed by atoms with Crippen LogP contribution in [0.3, 0.4) is 0 Å². The topological polar surface area (TPSA) is 83.7 Å². The summed E-state index contributed by atoms with van der Waals surface area (Å²) in [4.78, 5) is 34.7. The summed E-state index contributed by atoms with van der Waals surface area (Å²) in [5.74, 6) is 1.48. The number of anilines is 1. The molecule has 2 fully saturated rings. The first-order valence-electron chi connectivity index (χ1n) is 16.1. The maximum absolute atomic E-state index is 14.7. The number of benzene rings is 3. The van der Waals surface area contributed by atoms with E-state index in [9.17, 15) is 9.59 Å². The highest BCUT2D eigenvalue weighted by atomic mass is 16.5. The standard InChI is InChI=1S/C38H45N3O4/c1-25-34(28-16-10-11-17-30(28)39-25)35-29(37(35,2)3)23-33(42)41(24-26-14-8-6-9-15-26)38(20-12-7-13-21-38)36(43)40-31-19-18-27(44-4)22-32(31)45-5/h6,8-11,14-19,22,29,35,39H,7,12-13,20-21,23-24H2,1-5H3,(H,40,43)/t29-,35-/m1/s1. The van der Waals surface area contributed by atoms with Crippen LogP contribution < -0.4 is 14.8 Å². The lowest BCUT2D eigenvalue weighted by Crippen LogP contribution is -2.59. The molecule has 2 aliphatic rings. The number of carbonyl (C=O) groups is 2. The molecule has 6 rings (SSSR count). The fourth-order valence-electron chi connectivity index (χ4n) is 7.84. The first-order chi connectivity index (χ1) is 21.7. The number of nitrogens with one attached hydrogen (secondary N) is 2. The van der Waals surface area contributed by atoms with E-state index >= 15 is 0 Å². The summed E-state index contributed by atoms with van der Waals surface area (Å²) in [6.45, 7) is 7.07. The molecule has 0 radical (unpaired) electrons. The van der Waals surface area contributed by atoms with E-state index in [-0.39, 0.29) is 29.1 Å². The molecular weight excluding hydrogens is 562 g/mol. The van der Waals surface area contributed by atoms with Crippen LogP contribution in [0.2, 0.25) is 0 Å². The average molecular weight is 608 g/mol. The van der Waals surface area contributed by atoms with Crippen molar-refractivity contribution in [3.8, 4) is 11.5 Å². The highest BCUT2D eigenvalue weighted by Crippen LogP contribution is 2.67. The lowest BCUT2D eigenvalue weighted by Gasteiger charge is -2.45. The molecule has 2 saturated carbocycles. The number of ether oxygens (including phenoxy) is 2. The van der Waals surface area contributed by atoms with Crippen LogP contribution in [0.5, 0.6) is 11.5 Å². The van der Waals surface area contributed by atoms with Gasteiger partial charge in [-0.15, -0.1) is 0 Å². The van der Waals surface area contributed by atoms with Gasteiger partial charge in [-0.1, -0.05) is 81.6 Å². The lowest BCUT2D eigenvalue weighted by atomic mass is 9.78. The van der Waals surface area contributed by atoms with Gasteiger partial charge in [-0.05, 0) is 66.3 Å². The van der Waals surface area contributed by atoms with Gasteiger partial charge in [-0.2, -0.15) is 0 Å². The molecule has 1 aromatic heterocycles. The molecule has 7 heteroatoms. The van der Waals surface area contributed by atoms with Gasteiger partial charge in [-0.25, -0.2) is 0 Å². The zero-order chi connectivity index (χ0) is 31.8. The van der Waals surface area contributed by atoms with Gasteiger partial charge < -0.3 is 24.7 Å². The van der Waals surface area contributed by atoms with Crippen molar-refractivity contribution in [1.29, 1.82) is 0 Å². The number of methoxy groups -OCH3 is 2. The molecule has 0 saturated heterocycles. The van der Waals surface area contributed by atoms with E-state index in [0.717, 1.165) is 30.3 Å². The minimum atomic E-state index is -0.971. The van der Waals surface area contributed by atoms with Gasteiger partial charge in [0, 0.05) is 35.6 Å². The Hall–Kier alpha value is -4.26. The van der Waals surface area contributed by atoms with E-state index in [1.807, 2.05) is 35.2 Å². The number of carbonyl (C=O) groups excluding carboxylic acids is 2. The molecule has 236 valence electrons. The van der Waals surface area contributed by atoms with E-state index < -0.39 is 5.54 Å². The van der Waals surface area contributed by atoms with Crippen LogP contribution in [-0.4, -0.2) is 41.5 Å². The van der Waals surface area contributed by atoms with Gasteiger partial charge in [0.25, 0.3) is 0 Å². The minimum absolute atomic E-state index is 0.0377. The van der Waals surface area contributed by atoms with Crippen molar-refractivity contribution in [2.45, 2.75) is 77.3 Å². The highest BCUT2D eigenvalue weighted by Gasteiger charge is 2.60. The Morgan fingerprint density at radius 1 is 0.933 bits per heavy atom. The first kappa shape index (κ1) is 30.8. The molecule has 4 aromatic rings. The van der Waals surface area contributed by atoms with Crippen LogP contribution in [0.1, 0.15) is 75.1 Å². The Labute approximate surface area is 266 Å². The molecule has 0 bridgehead atoms. The summed E-state index contributed by atoms with van der Waals surface area (Å²) in [6.07, 6.45) is 4.45. The summed E-state index contributed by atoms with van der Waals surface area (Å²) in [5, 5.41) is 4.41. The summed E-state index contributed by atoms with van der Waals surface area (Å²) in [5.41, 5.74) is 4.20. The number of hydrogen-bond acceptors (Lipinski definition) is 4. The quantitative estimate of drug-likeness (QED) is 0.191. The van der Waals surface area contributed by atoms with Crippen LogP contribution in [0.4, 0.5) is 5.69 Å². The maximum atomic E-state index is 14.7. The van der Waals surface area contributed by atoms with E-state index in [0.29, 0.717) is 43.0 Å². The van der Waals surface area contributed by atoms with E-state index in [1.54, 1.807) is 32.4 Å². The molecule has 0 aliphatic heterocycles. The van der Waals surface area contributed by atoms with Crippen molar-refractivity contribution in [2.75, 3.05) is 19.5 Å². The average Bonchev–Trinajstić information content (AvgIpc) is 3.40. The number of rotatable bonds is 10. The highest BCUT2D eigenvalue weighted by molar-refractivity contribution is 6.01. The molecule has 0 unspecified atom stereocenters. The predicted molar refractivity (Wildman–Crippen MR) is 179 cm³/mol. The fraction of sp³-hybridized carbons (Fsp3) is 0.421. The molecule has 0 spiro atoms. The van der Waals surface area contributed by atoms with Crippen molar-refractivity contribution >= 4 is 28.4 Å². The molecule has 1 heterocycles. The Morgan fingerprint density at radius 2 is 1.64 bits per heavy atom. The van der Waals surface area contributed by atoms with Gasteiger partial charge in [0.15, 0.2) is 0 Å². The number of amides is 2. The van der Waals surface area contributed by atoms with Crippen LogP contribution in [0, 0.1) is 18.3 Å². The molecule has 3 aromatic carbocycles. The predicted octanol–water partition coefficient (Wildman–Crippen LogP) is 7.99. The van der Waals surface area contributed by atoms with Gasteiger partial charge in [0.05, 0.1) is 19.9 Å². The third-order valence-electron chi connectivity index (χ3n) is 10.5. The lowest BCUT2D eigenvalue weighted by molar-refractivity contribution is -0.149. The fourth-order valence-corrected chi connectivity index (χ4v) is 7.84. The Balaban J connectivity index is 1.34. The number of nitrogens with zero attached hydrogens (tertiary/aromatic N) is 1. The van der Waals surface area contributed by atoms with Crippen LogP contribution in [-0.2, 0) is 16.1 Å². The summed E-state index contributed by atoms with van der Waals surface area (Å²) >= 11 is 0. The van der Waals surface area contributed by atoms with Crippen molar-refractivity contribution in [2.24, 2.45) is 11.3 Å². The van der Waals surface area contributed by atoms with Gasteiger partial charge in [-0.3, -0.25) is 9.59 Å². The van der Waals surface area contributed by atoms with E-state index in [4.69, 9.17) is 9.47 Å². The number of aryl methyl sites for hydroxylation is 1. The van der Waals surface area contributed by atoms with Gasteiger partial charge in [0.1, 0.15) is 17.0 Å². The Bertz CT molecular complexity index is 1690. The second-order valence-electron chi connectivity index (χ2n) is 13.4. The third kappa shape index (κ3) is 5.69. The molecule has 7 nitrogen and oxygen atoms in total. The number of hydrogen-bond donors (Lipinski definition) is 2. The molecule has 2 aliphatic carbocycles. The Morgan fingerprint density at radius 3 is 2.36 bits per heavy atom. The number of para-hydroxylation sites is 1. The van der Waals surface area contributed by atoms with Crippen molar-refractivity contribution < 1.29 is 19.1 Å². The van der Waals surface area contributed by atoms with Gasteiger partial charge in [0.2, 0.25) is 11.8 Å². The molecular formula is C38H45N3O4. The first-order valence-corrected chi connectivity index (χ1v) is 16.1. The monoisotopic (exact) mass is 607 g/mol. The second kappa shape index (κ2) is 12.3. The van der Waals surface area contributed by atoms with Crippen molar-refractivity contribution in [3.63, 3.8) is 0 Å². The molecule has 45 heavy (non-hydrogen) atoms. The second-order valence-corrected chi connectivity index (χ2v) is 13.4. The number of aromatic amines is 1. The summed E-state index contributed by atoms with van der Waals surface area (Å²) in [7, 11) is 3.18. The molecule has 2 N–H and O–H groups in total. The summed E-state index contributed by atoms with van der Waals surface area (Å²) in [6, 6.07) is 23.9. The number of aromatic nitrogens is 1. The zero-order valence-electron chi connectivity index (χ0n) is 27.1. The molecule has 2 atom stereocenters. The largest absolute Gasteiger partial charge is 0.497 e. The van der Waals surface area contributed by atoms with Gasteiger partial charge >= 0.3 is 0 Å². The third-order valence-corrected chi connectivity index (χ3v) is 10.5. The SMILES string of the molecule is COc1ccc(NC(=O)C2(N(Cc3ccccc3)C(=O)C[C@@H]3[C@H](c4c(C)[nH]c5ccccc45)C3(C)C)CCCCC2)c(OC)c1. The van der Waals surface area contributed by atoms with E-state index in [1.165, 1.54) is 16.6 Å². The van der Waals surface area contributed by atoms with Crippen molar-refractivity contribution in [3.05, 3.63) is 89.6 Å². The smallest absolute Gasteiger partial charge is 0.250 e. The normalized spacial score (nSPS) is 19.9. The molecule has 2 amide bonds. The maximum Gasteiger partial charge on any atom is 0.250 e. The van der Waals surface area contributed by atoms with Crippen LogP contribution in [0.25, 0.3) is 10.9 Å². The van der Waals surface area contributed by atoms with Crippen LogP contribution >= 0.6 is 0 Å². The summed E-state index contributed by atoms with van der Waals surface area (Å²) < 4.78 is 11.0. The number of H-pyrrole nitrogens is 1. The zero-order valence-corrected chi connectivity index (χ0v) is 27.1. The minimum Gasteiger partial charge on any atom is -0.497 e. The van der Waals surface area contributed by atoms with E-state index in [2.05, 4.69) is 55.3 Å². The van der Waals surface area contributed by atoms with Crippen LogP contribution in [0.15, 0.2) is 72.8 Å². The van der Waals surface area contributed by atoms with Crippen molar-refractivity contribution in [1.82, 2.24) is 9.88 Å². The number of fused-ring (bicyclic) bond motifs is 1.